The number of hydrogen-bond donors (Lipinski definition) is 0. The Labute approximate surface area is 172 Å². The van der Waals surface area contributed by atoms with Gasteiger partial charge in [0.05, 0.1) is 25.1 Å². The first kappa shape index (κ1) is 18.9. The number of methoxy groups -OCH3 is 2. The molecule has 2 aromatic carbocycles. The summed E-state index contributed by atoms with van der Waals surface area (Å²) < 4.78 is 17.6. The first-order chi connectivity index (χ1) is 14.0. The molecule has 0 saturated heterocycles. The maximum atomic E-state index is 12.7. The van der Waals surface area contributed by atoms with E-state index in [9.17, 15) is 14.4 Å². The number of ether oxygens (including phenoxy) is 2. The lowest BCUT2D eigenvalue weighted by Gasteiger charge is -2.11. The van der Waals surface area contributed by atoms with E-state index in [4.69, 9.17) is 13.9 Å². The molecule has 4 aromatic rings. The van der Waals surface area contributed by atoms with Crippen molar-refractivity contribution in [3.63, 3.8) is 0 Å². The summed E-state index contributed by atoms with van der Waals surface area (Å²) in [5.41, 5.74) is 0.0316. The Bertz CT molecular complexity index is 1350. The van der Waals surface area contributed by atoms with Crippen LogP contribution in [0.4, 0.5) is 0 Å². The molecule has 2 aromatic heterocycles. The average molecular weight is 456 g/mol. The Hall–Kier alpha value is -3.39. The van der Waals surface area contributed by atoms with Gasteiger partial charge >= 0.3 is 17.6 Å². The zero-order valence-electron chi connectivity index (χ0n) is 15.4. The predicted molar refractivity (Wildman–Crippen MR) is 110 cm³/mol. The van der Waals surface area contributed by atoms with Crippen molar-refractivity contribution >= 4 is 49.7 Å². The summed E-state index contributed by atoms with van der Waals surface area (Å²) in [7, 11) is 2.39. The van der Waals surface area contributed by atoms with Crippen molar-refractivity contribution in [3.05, 3.63) is 74.7 Å². The molecule has 0 radical (unpaired) electrons. The minimum Gasteiger partial charge on any atom is -0.465 e. The minimum absolute atomic E-state index is 0.0408. The molecule has 0 aliphatic rings. The summed E-state index contributed by atoms with van der Waals surface area (Å²) in [5, 5.41) is 0.848. The van der Waals surface area contributed by atoms with Gasteiger partial charge in [0.1, 0.15) is 5.56 Å². The van der Waals surface area contributed by atoms with Gasteiger partial charge in [0.2, 0.25) is 0 Å². The third-order valence-electron chi connectivity index (χ3n) is 4.56. The Morgan fingerprint density at radius 2 is 1.66 bits per heavy atom. The molecule has 2 heterocycles. The summed E-state index contributed by atoms with van der Waals surface area (Å²) in [5.74, 6) is -1.59. The van der Waals surface area contributed by atoms with Gasteiger partial charge in [0.15, 0.2) is 11.3 Å². The number of halogens is 1. The van der Waals surface area contributed by atoms with Crippen molar-refractivity contribution in [3.8, 4) is 5.69 Å². The summed E-state index contributed by atoms with van der Waals surface area (Å²) in [6.45, 7) is 0. The molecule has 0 aliphatic heterocycles. The highest BCUT2D eigenvalue weighted by Crippen LogP contribution is 2.35. The Balaban J connectivity index is 2.33. The molecule has 0 aliphatic carbocycles. The van der Waals surface area contributed by atoms with Crippen LogP contribution in [0.5, 0.6) is 0 Å². The van der Waals surface area contributed by atoms with Crippen LogP contribution in [0.2, 0.25) is 0 Å². The zero-order chi connectivity index (χ0) is 20.7. The highest BCUT2D eigenvalue weighted by Gasteiger charge is 2.32. The number of carbonyl (C=O) groups excluding carboxylic acids is 2. The Morgan fingerprint density at radius 3 is 2.31 bits per heavy atom. The van der Waals surface area contributed by atoms with E-state index < -0.39 is 17.6 Å². The first-order valence-electron chi connectivity index (χ1n) is 8.50. The second-order valence-corrected chi connectivity index (χ2v) is 7.05. The van der Waals surface area contributed by atoms with Gasteiger partial charge in [-0.2, -0.15) is 0 Å². The molecule has 0 fully saturated rings. The number of rotatable bonds is 3. The van der Waals surface area contributed by atoms with Crippen molar-refractivity contribution in [1.82, 2.24) is 4.57 Å². The predicted octanol–water partition coefficient (Wildman–Crippen LogP) is 4.07. The van der Waals surface area contributed by atoms with E-state index in [0.717, 1.165) is 4.47 Å². The second-order valence-electron chi connectivity index (χ2n) is 6.13. The second kappa shape index (κ2) is 7.21. The van der Waals surface area contributed by atoms with E-state index in [-0.39, 0.29) is 16.8 Å². The quantitative estimate of drug-likeness (QED) is 0.432. The lowest BCUT2D eigenvalue weighted by molar-refractivity contribution is 0.0550. The van der Waals surface area contributed by atoms with Gasteiger partial charge in [0, 0.05) is 15.5 Å². The molecule has 0 atom stereocenters. The number of carbonyl (C=O) groups is 2. The SMILES string of the molecule is COC(=O)c1c(C(=O)OC)n(-c2cccc(Br)c2)c2c1oc(=O)c1ccccc12. The van der Waals surface area contributed by atoms with Crippen LogP contribution >= 0.6 is 15.9 Å². The number of benzene rings is 2. The lowest BCUT2D eigenvalue weighted by Crippen LogP contribution is -2.15. The number of hydrogen-bond acceptors (Lipinski definition) is 6. The van der Waals surface area contributed by atoms with Crippen LogP contribution in [0.3, 0.4) is 0 Å². The average Bonchev–Trinajstić information content (AvgIpc) is 3.08. The van der Waals surface area contributed by atoms with Gasteiger partial charge in [0.25, 0.3) is 0 Å². The summed E-state index contributed by atoms with van der Waals surface area (Å²) in [6.07, 6.45) is 0. The van der Waals surface area contributed by atoms with Crippen LogP contribution in [0.1, 0.15) is 20.8 Å². The van der Waals surface area contributed by atoms with E-state index in [1.807, 2.05) is 6.07 Å². The summed E-state index contributed by atoms with van der Waals surface area (Å²) in [6, 6.07) is 14.0. The number of nitrogens with zero attached hydrogens (tertiary/aromatic N) is 1. The number of esters is 2. The molecule has 0 N–H and O–H groups in total. The van der Waals surface area contributed by atoms with Crippen molar-refractivity contribution in [2.24, 2.45) is 0 Å². The normalized spacial score (nSPS) is 11.0. The fourth-order valence-electron chi connectivity index (χ4n) is 3.36. The third kappa shape index (κ3) is 2.92. The van der Waals surface area contributed by atoms with Gasteiger partial charge < -0.3 is 13.9 Å². The monoisotopic (exact) mass is 455 g/mol. The van der Waals surface area contributed by atoms with E-state index >= 15 is 0 Å². The molecule has 0 amide bonds. The van der Waals surface area contributed by atoms with Crippen molar-refractivity contribution in [2.75, 3.05) is 14.2 Å². The maximum absolute atomic E-state index is 12.7. The van der Waals surface area contributed by atoms with Gasteiger partial charge in [-0.05, 0) is 24.3 Å². The highest BCUT2D eigenvalue weighted by atomic mass is 79.9. The van der Waals surface area contributed by atoms with Gasteiger partial charge in [-0.3, -0.25) is 4.57 Å². The Kier molecular flexibility index (Phi) is 4.71. The number of aromatic nitrogens is 1. The van der Waals surface area contributed by atoms with Crippen LogP contribution in [-0.2, 0) is 9.47 Å². The zero-order valence-corrected chi connectivity index (χ0v) is 17.0. The molecule has 146 valence electrons. The van der Waals surface area contributed by atoms with E-state index in [0.29, 0.717) is 22.0 Å². The van der Waals surface area contributed by atoms with Crippen LogP contribution in [0, 0.1) is 0 Å². The standard InChI is InChI=1S/C21H14BrNO6/c1-27-20(25)15-17(21(26)28-2)23(12-7-5-6-11(22)10-12)16-13-8-3-4-9-14(13)19(24)29-18(15)16/h3-10H,1-2H3. The molecule has 8 heteroatoms. The van der Waals surface area contributed by atoms with Crippen LogP contribution in [0.25, 0.3) is 27.6 Å². The van der Waals surface area contributed by atoms with Crippen molar-refractivity contribution in [1.29, 1.82) is 0 Å². The highest BCUT2D eigenvalue weighted by molar-refractivity contribution is 9.10. The van der Waals surface area contributed by atoms with E-state index in [1.54, 1.807) is 47.0 Å². The smallest absolute Gasteiger partial charge is 0.356 e. The van der Waals surface area contributed by atoms with Gasteiger partial charge in [-0.1, -0.05) is 40.2 Å². The lowest BCUT2D eigenvalue weighted by atomic mass is 10.1. The number of fused-ring (bicyclic) bond motifs is 3. The van der Waals surface area contributed by atoms with Gasteiger partial charge in [-0.25, -0.2) is 14.4 Å². The topological polar surface area (TPSA) is 87.7 Å². The summed E-state index contributed by atoms with van der Waals surface area (Å²) >= 11 is 3.42. The molecule has 4 rings (SSSR count). The maximum Gasteiger partial charge on any atom is 0.356 e. The molecular weight excluding hydrogens is 442 g/mol. The minimum atomic E-state index is -0.817. The fraction of sp³-hybridized carbons (Fsp3) is 0.0952. The third-order valence-corrected chi connectivity index (χ3v) is 5.05. The largest absolute Gasteiger partial charge is 0.465 e. The molecule has 29 heavy (non-hydrogen) atoms. The van der Waals surface area contributed by atoms with Crippen LogP contribution < -0.4 is 5.63 Å². The Morgan fingerprint density at radius 1 is 0.966 bits per heavy atom. The molecule has 0 spiro atoms. The van der Waals surface area contributed by atoms with Crippen LogP contribution in [-0.4, -0.2) is 30.7 Å². The van der Waals surface area contributed by atoms with E-state index in [2.05, 4.69) is 15.9 Å². The molecule has 0 bridgehead atoms. The van der Waals surface area contributed by atoms with Crippen molar-refractivity contribution < 1.29 is 23.5 Å². The molecule has 0 saturated carbocycles. The van der Waals surface area contributed by atoms with Gasteiger partial charge in [-0.15, -0.1) is 0 Å². The molecular formula is C21H14BrNO6. The summed E-state index contributed by atoms with van der Waals surface area (Å²) in [4.78, 5) is 37.9. The molecule has 0 unspecified atom stereocenters. The van der Waals surface area contributed by atoms with Crippen molar-refractivity contribution in [2.45, 2.75) is 0 Å². The first-order valence-corrected chi connectivity index (χ1v) is 9.30. The molecule has 7 nitrogen and oxygen atoms in total. The fourth-order valence-corrected chi connectivity index (χ4v) is 3.75. The van der Waals surface area contributed by atoms with Crippen LogP contribution in [0.15, 0.2) is 62.2 Å². The van der Waals surface area contributed by atoms with E-state index in [1.165, 1.54) is 14.2 Å².